The van der Waals surface area contributed by atoms with Crippen molar-refractivity contribution >= 4 is 21.6 Å². The molecule has 0 aromatic carbocycles. The highest BCUT2D eigenvalue weighted by atomic mass is 35.5. The molecule has 1 aliphatic rings. The van der Waals surface area contributed by atoms with E-state index >= 15 is 0 Å². The van der Waals surface area contributed by atoms with Crippen molar-refractivity contribution in [3.8, 4) is 0 Å². The van der Waals surface area contributed by atoms with E-state index in [0.717, 1.165) is 25.7 Å². The van der Waals surface area contributed by atoms with E-state index in [2.05, 4.69) is 4.72 Å². The summed E-state index contributed by atoms with van der Waals surface area (Å²) in [4.78, 5) is 0. The maximum absolute atomic E-state index is 11.7. The lowest BCUT2D eigenvalue weighted by atomic mass is 10.3. The van der Waals surface area contributed by atoms with Gasteiger partial charge in [-0.15, -0.1) is 11.6 Å². The maximum atomic E-state index is 11.7. The zero-order valence-electron chi connectivity index (χ0n) is 8.50. The monoisotopic (exact) mass is 239 g/mol. The first-order valence-corrected chi connectivity index (χ1v) is 7.13. The van der Waals surface area contributed by atoms with Gasteiger partial charge in [-0.25, -0.2) is 13.1 Å². The first kappa shape index (κ1) is 12.3. The maximum Gasteiger partial charge on any atom is 0.214 e. The average Bonchev–Trinajstić information content (AvgIpc) is 2.54. The molecule has 0 bridgehead atoms. The number of halogens is 1. The van der Waals surface area contributed by atoms with E-state index in [9.17, 15) is 8.42 Å². The predicted octanol–water partition coefficient (Wildman–Crippen LogP) is 1.87. The minimum absolute atomic E-state index is 0.0290. The Balaban J connectivity index is 2.34. The molecule has 1 rings (SSSR count). The van der Waals surface area contributed by atoms with Crippen LogP contribution in [0, 0.1) is 0 Å². The molecular formula is C9H18ClNO2S. The van der Waals surface area contributed by atoms with Crippen molar-refractivity contribution < 1.29 is 8.42 Å². The van der Waals surface area contributed by atoms with Crippen LogP contribution in [-0.2, 0) is 10.0 Å². The van der Waals surface area contributed by atoms with Crippen LogP contribution in [0.2, 0.25) is 0 Å². The summed E-state index contributed by atoms with van der Waals surface area (Å²) < 4.78 is 25.9. The predicted molar refractivity (Wildman–Crippen MR) is 59.1 cm³/mol. The van der Waals surface area contributed by atoms with Gasteiger partial charge in [-0.2, -0.15) is 0 Å². The SMILES string of the molecule is CC(Cl)CCNS(=O)(=O)C1CCCC1. The molecule has 14 heavy (non-hydrogen) atoms. The van der Waals surface area contributed by atoms with Gasteiger partial charge in [0.15, 0.2) is 0 Å². The van der Waals surface area contributed by atoms with E-state index in [-0.39, 0.29) is 10.6 Å². The van der Waals surface area contributed by atoms with Crippen LogP contribution in [-0.4, -0.2) is 25.6 Å². The molecule has 1 fully saturated rings. The van der Waals surface area contributed by atoms with E-state index < -0.39 is 10.0 Å². The normalized spacial score (nSPS) is 21.3. The second kappa shape index (κ2) is 5.33. The summed E-state index contributed by atoms with van der Waals surface area (Å²) in [7, 11) is -3.06. The van der Waals surface area contributed by atoms with Crippen molar-refractivity contribution in [1.82, 2.24) is 4.72 Å². The van der Waals surface area contributed by atoms with Gasteiger partial charge >= 0.3 is 0 Å². The van der Waals surface area contributed by atoms with E-state index in [4.69, 9.17) is 11.6 Å². The summed E-state index contributed by atoms with van der Waals surface area (Å²) in [5.74, 6) is 0. The van der Waals surface area contributed by atoms with E-state index in [1.165, 1.54) is 0 Å². The Morgan fingerprint density at radius 2 is 2.00 bits per heavy atom. The molecule has 1 N–H and O–H groups in total. The molecule has 5 heteroatoms. The van der Waals surface area contributed by atoms with E-state index in [0.29, 0.717) is 13.0 Å². The first-order chi connectivity index (χ1) is 6.52. The minimum Gasteiger partial charge on any atom is -0.215 e. The number of sulfonamides is 1. The Morgan fingerprint density at radius 3 is 2.50 bits per heavy atom. The fourth-order valence-electron chi connectivity index (χ4n) is 1.72. The molecule has 1 unspecified atom stereocenters. The Kier molecular flexibility index (Phi) is 4.67. The van der Waals surface area contributed by atoms with E-state index in [1.54, 1.807) is 0 Å². The lowest BCUT2D eigenvalue weighted by Gasteiger charge is -2.12. The van der Waals surface area contributed by atoms with Crippen LogP contribution >= 0.6 is 11.6 Å². The lowest BCUT2D eigenvalue weighted by molar-refractivity contribution is 0.562. The van der Waals surface area contributed by atoms with Gasteiger partial charge in [0.25, 0.3) is 0 Å². The van der Waals surface area contributed by atoms with Crippen molar-refractivity contribution in [2.45, 2.75) is 49.7 Å². The van der Waals surface area contributed by atoms with Gasteiger partial charge in [0.1, 0.15) is 0 Å². The third-order valence-electron chi connectivity index (χ3n) is 2.59. The van der Waals surface area contributed by atoms with Gasteiger partial charge in [-0.1, -0.05) is 12.8 Å². The van der Waals surface area contributed by atoms with E-state index in [1.807, 2.05) is 6.92 Å². The molecule has 1 aliphatic carbocycles. The van der Waals surface area contributed by atoms with Crippen molar-refractivity contribution in [3.05, 3.63) is 0 Å². The summed E-state index contributed by atoms with van der Waals surface area (Å²) in [6.45, 7) is 2.33. The van der Waals surface area contributed by atoms with Gasteiger partial charge in [0.05, 0.1) is 5.25 Å². The van der Waals surface area contributed by atoms with Crippen molar-refractivity contribution in [2.24, 2.45) is 0 Å². The topological polar surface area (TPSA) is 46.2 Å². The average molecular weight is 240 g/mol. The van der Waals surface area contributed by atoms with Crippen LogP contribution in [0.15, 0.2) is 0 Å². The molecule has 84 valence electrons. The van der Waals surface area contributed by atoms with Crippen LogP contribution in [0.25, 0.3) is 0 Å². The quantitative estimate of drug-likeness (QED) is 0.745. The van der Waals surface area contributed by atoms with Crippen molar-refractivity contribution in [2.75, 3.05) is 6.54 Å². The highest BCUT2D eigenvalue weighted by Gasteiger charge is 2.27. The fraction of sp³-hybridized carbons (Fsp3) is 1.00. The van der Waals surface area contributed by atoms with Crippen LogP contribution in [0.4, 0.5) is 0 Å². The molecule has 0 radical (unpaired) electrons. The molecular weight excluding hydrogens is 222 g/mol. The summed E-state index contributed by atoms with van der Waals surface area (Å²) in [6, 6.07) is 0. The molecule has 0 aromatic rings. The largest absolute Gasteiger partial charge is 0.215 e. The van der Waals surface area contributed by atoms with Gasteiger partial charge in [-0.3, -0.25) is 0 Å². The zero-order valence-corrected chi connectivity index (χ0v) is 10.1. The molecule has 1 atom stereocenters. The standard InChI is InChI=1S/C9H18ClNO2S/c1-8(10)6-7-11-14(12,13)9-4-2-3-5-9/h8-9,11H,2-7H2,1H3. The summed E-state index contributed by atoms with van der Waals surface area (Å²) in [5.41, 5.74) is 0. The summed E-state index contributed by atoms with van der Waals surface area (Å²) >= 11 is 5.73. The summed E-state index contributed by atoms with van der Waals surface area (Å²) in [6.07, 6.45) is 4.39. The lowest BCUT2D eigenvalue weighted by Crippen LogP contribution is -2.33. The van der Waals surface area contributed by atoms with Gasteiger partial charge in [0, 0.05) is 11.9 Å². The van der Waals surface area contributed by atoms with Crippen LogP contribution in [0.3, 0.4) is 0 Å². The number of rotatable bonds is 5. The Labute approximate surface area is 91.3 Å². The molecule has 3 nitrogen and oxygen atoms in total. The highest BCUT2D eigenvalue weighted by Crippen LogP contribution is 2.23. The van der Waals surface area contributed by atoms with Crippen LogP contribution in [0.5, 0.6) is 0 Å². The van der Waals surface area contributed by atoms with Crippen molar-refractivity contribution in [3.63, 3.8) is 0 Å². The molecule has 0 saturated heterocycles. The molecule has 0 amide bonds. The van der Waals surface area contributed by atoms with Gasteiger partial charge < -0.3 is 0 Å². The smallest absolute Gasteiger partial charge is 0.214 e. The molecule has 0 aliphatic heterocycles. The molecule has 1 saturated carbocycles. The number of alkyl halides is 1. The molecule has 0 heterocycles. The number of nitrogens with one attached hydrogen (secondary N) is 1. The third-order valence-corrected chi connectivity index (χ3v) is 4.76. The second-order valence-electron chi connectivity index (χ2n) is 3.92. The zero-order chi connectivity index (χ0) is 10.6. The Morgan fingerprint density at radius 1 is 1.43 bits per heavy atom. The second-order valence-corrected chi connectivity index (χ2v) is 6.71. The van der Waals surface area contributed by atoms with Crippen molar-refractivity contribution in [1.29, 1.82) is 0 Å². The molecule has 0 aromatic heterocycles. The Bertz CT molecular complexity index is 258. The van der Waals surface area contributed by atoms with Gasteiger partial charge in [0.2, 0.25) is 10.0 Å². The first-order valence-electron chi connectivity index (χ1n) is 5.15. The Hall–Kier alpha value is 0.200. The van der Waals surface area contributed by atoms with Crippen LogP contribution < -0.4 is 4.72 Å². The van der Waals surface area contributed by atoms with Crippen LogP contribution in [0.1, 0.15) is 39.0 Å². The minimum atomic E-state index is -3.06. The highest BCUT2D eigenvalue weighted by molar-refractivity contribution is 7.90. The summed E-state index contributed by atoms with van der Waals surface area (Å²) in [5, 5.41) is -0.130. The fourth-order valence-corrected chi connectivity index (χ4v) is 3.42. The molecule has 0 spiro atoms. The number of hydrogen-bond donors (Lipinski definition) is 1. The number of hydrogen-bond acceptors (Lipinski definition) is 2. The third kappa shape index (κ3) is 3.75. The van der Waals surface area contributed by atoms with Gasteiger partial charge in [-0.05, 0) is 26.2 Å².